The van der Waals surface area contributed by atoms with Gasteiger partial charge in [0.15, 0.2) is 0 Å². The molecule has 5 amide bonds. The number of ether oxygens (including phenoxy) is 2. The van der Waals surface area contributed by atoms with Gasteiger partial charge in [-0.15, -0.1) is 0 Å². The molecular weight excluding hydrogens is 612 g/mol. The van der Waals surface area contributed by atoms with E-state index in [1.54, 1.807) is 39.6 Å². The first kappa shape index (κ1) is 42.2. The summed E-state index contributed by atoms with van der Waals surface area (Å²) in [6, 6.07) is -3.37. The van der Waals surface area contributed by atoms with Crippen LogP contribution in [0, 0.1) is 17.8 Å². The lowest BCUT2D eigenvalue weighted by Gasteiger charge is -2.41. The van der Waals surface area contributed by atoms with Gasteiger partial charge in [-0.3, -0.25) is 24.0 Å². The second-order valence-corrected chi connectivity index (χ2v) is 13.0. The molecule has 0 aliphatic carbocycles. The lowest BCUT2D eigenvalue weighted by atomic mass is 9.89. The van der Waals surface area contributed by atoms with Gasteiger partial charge in [0.1, 0.15) is 18.7 Å². The Labute approximate surface area is 279 Å². The average Bonchev–Trinajstić information content (AvgIpc) is 3.54. The van der Waals surface area contributed by atoms with Crippen LogP contribution in [0.2, 0.25) is 0 Å². The van der Waals surface area contributed by atoms with Gasteiger partial charge in [-0.25, -0.2) is 0 Å². The maximum Gasteiger partial charge on any atom is 0.245 e. The number of amides is 5. The topological polar surface area (TPSA) is 213 Å². The zero-order chi connectivity index (χ0) is 36.0. The zero-order valence-corrected chi connectivity index (χ0v) is 29.7. The number of hydrogen-bond donors (Lipinski definition) is 6. The first-order valence-corrected chi connectivity index (χ1v) is 16.6. The maximum atomic E-state index is 13.9. The molecule has 0 saturated carbocycles. The third-order valence-electron chi connectivity index (χ3n) is 9.15. The normalized spacial score (nSPS) is 19.9. The van der Waals surface area contributed by atoms with Crippen molar-refractivity contribution in [3.8, 4) is 0 Å². The van der Waals surface area contributed by atoms with Crippen LogP contribution in [0.3, 0.4) is 0 Å². The van der Waals surface area contributed by atoms with E-state index in [-0.39, 0.29) is 55.2 Å². The molecule has 272 valence electrons. The third-order valence-corrected chi connectivity index (χ3v) is 9.15. The molecule has 1 aliphatic heterocycles. The number of nitrogens with one attached hydrogen (secondary N) is 3. The van der Waals surface area contributed by atoms with Crippen LogP contribution in [0.4, 0.5) is 0 Å². The number of likely N-dealkylation sites (N-methyl/N-ethyl adjacent to an activating group) is 1. The van der Waals surface area contributed by atoms with Crippen molar-refractivity contribution in [3.05, 3.63) is 0 Å². The van der Waals surface area contributed by atoms with Gasteiger partial charge in [-0.1, -0.05) is 41.0 Å². The van der Waals surface area contributed by atoms with Crippen molar-refractivity contribution in [3.63, 3.8) is 0 Å². The SMILES string of the molecule is CC[C@H](C)[C@@H]([C@@H](CC(=O)N1CCC[C@H]1[C@H](OC)[C@@H](C)C(=O)N[C@@H](C)CO)OC)N(C)C(=O)[C@@H](NC(=O)[C@@H](N)CNC(=O)CO)C(C)C. The van der Waals surface area contributed by atoms with E-state index in [0.29, 0.717) is 19.4 Å². The number of likely N-dealkylation sites (tertiary alicyclic amines) is 1. The summed E-state index contributed by atoms with van der Waals surface area (Å²) >= 11 is 0. The van der Waals surface area contributed by atoms with Crippen molar-refractivity contribution in [2.75, 3.05) is 47.6 Å². The largest absolute Gasteiger partial charge is 0.394 e. The van der Waals surface area contributed by atoms with Crippen molar-refractivity contribution in [2.24, 2.45) is 23.5 Å². The summed E-state index contributed by atoms with van der Waals surface area (Å²) in [6.45, 7) is 10.3. The second kappa shape index (κ2) is 20.5. The van der Waals surface area contributed by atoms with Crippen molar-refractivity contribution >= 4 is 29.5 Å². The summed E-state index contributed by atoms with van der Waals surface area (Å²) in [5.41, 5.74) is 5.93. The minimum atomic E-state index is -1.14. The van der Waals surface area contributed by atoms with Gasteiger partial charge in [0.05, 0.1) is 43.2 Å². The number of aliphatic hydroxyl groups excluding tert-OH is 2. The summed E-state index contributed by atoms with van der Waals surface area (Å²) < 4.78 is 11.7. The molecule has 1 rings (SSSR count). The summed E-state index contributed by atoms with van der Waals surface area (Å²) in [4.78, 5) is 68.2. The lowest BCUT2D eigenvalue weighted by molar-refractivity contribution is -0.147. The molecule has 0 aromatic heterocycles. The summed E-state index contributed by atoms with van der Waals surface area (Å²) in [5, 5.41) is 26.1. The van der Waals surface area contributed by atoms with Crippen LogP contribution >= 0.6 is 0 Å². The number of aliphatic hydroxyl groups is 2. The number of carbonyl (C=O) groups excluding carboxylic acids is 5. The fourth-order valence-electron chi connectivity index (χ4n) is 6.09. The second-order valence-electron chi connectivity index (χ2n) is 13.0. The summed E-state index contributed by atoms with van der Waals surface area (Å²) in [5.74, 6) is -3.12. The molecule has 0 radical (unpaired) electrons. The minimum Gasteiger partial charge on any atom is -0.394 e. The van der Waals surface area contributed by atoms with Crippen LogP contribution in [-0.4, -0.2) is 140 Å². The predicted octanol–water partition coefficient (Wildman–Crippen LogP) is -1.02. The van der Waals surface area contributed by atoms with E-state index in [1.807, 2.05) is 13.8 Å². The highest BCUT2D eigenvalue weighted by Gasteiger charge is 2.43. The van der Waals surface area contributed by atoms with Crippen LogP contribution in [0.15, 0.2) is 0 Å². The third kappa shape index (κ3) is 12.0. The number of methoxy groups -OCH3 is 2. The summed E-state index contributed by atoms with van der Waals surface area (Å²) in [7, 11) is 4.65. The molecule has 1 fully saturated rings. The first-order chi connectivity index (χ1) is 22.1. The highest BCUT2D eigenvalue weighted by molar-refractivity contribution is 5.90. The number of hydrogen-bond acceptors (Lipinski definition) is 10. The first-order valence-electron chi connectivity index (χ1n) is 16.6. The molecule has 0 spiro atoms. The smallest absolute Gasteiger partial charge is 0.245 e. The van der Waals surface area contributed by atoms with Crippen molar-refractivity contribution < 1.29 is 43.7 Å². The molecule has 1 heterocycles. The zero-order valence-electron chi connectivity index (χ0n) is 29.7. The molecule has 47 heavy (non-hydrogen) atoms. The van der Waals surface area contributed by atoms with Gasteiger partial charge in [-0.2, -0.15) is 0 Å². The van der Waals surface area contributed by atoms with Crippen molar-refractivity contribution in [2.45, 2.75) is 110 Å². The Morgan fingerprint density at radius 1 is 1.00 bits per heavy atom. The van der Waals surface area contributed by atoms with Crippen LogP contribution in [0.25, 0.3) is 0 Å². The van der Waals surface area contributed by atoms with E-state index in [1.165, 1.54) is 19.1 Å². The molecule has 15 nitrogen and oxygen atoms in total. The molecule has 1 aliphatic rings. The van der Waals surface area contributed by atoms with Crippen molar-refractivity contribution in [1.82, 2.24) is 25.8 Å². The van der Waals surface area contributed by atoms with E-state index >= 15 is 0 Å². The van der Waals surface area contributed by atoms with Gasteiger partial charge in [0.2, 0.25) is 29.5 Å². The number of nitrogens with zero attached hydrogens (tertiary/aromatic N) is 2. The van der Waals surface area contributed by atoms with Gasteiger partial charge in [0, 0.05) is 40.4 Å². The average molecular weight is 673 g/mol. The maximum absolute atomic E-state index is 13.9. The molecular formula is C32H60N6O9. The van der Waals surface area contributed by atoms with Crippen molar-refractivity contribution in [1.29, 1.82) is 0 Å². The van der Waals surface area contributed by atoms with E-state index in [4.69, 9.17) is 20.3 Å². The standard InChI is InChI=1S/C32H60N6O9/c1-10-19(4)28(37(7)32(45)27(18(2)3)36-31(44)22(33)15-34-25(41)17-40)24(46-8)14-26(42)38-13-11-12-23(38)29(47-9)21(6)30(43)35-20(5)16-39/h18-24,27-29,39-40H,10-17,33H2,1-9H3,(H,34,41)(H,35,43)(H,36,44)/t19-,20-,21+,22-,23-,24+,27-,28-,29+/m0/s1. The fraction of sp³-hybridized carbons (Fsp3) is 0.844. The van der Waals surface area contributed by atoms with Gasteiger partial charge < -0.3 is 51.2 Å². The Morgan fingerprint density at radius 2 is 1.64 bits per heavy atom. The Hall–Kier alpha value is -2.85. The summed E-state index contributed by atoms with van der Waals surface area (Å²) in [6.07, 6.45) is 0.808. The highest BCUT2D eigenvalue weighted by atomic mass is 16.5. The Kier molecular flexibility index (Phi) is 18.4. The van der Waals surface area contributed by atoms with Gasteiger partial charge in [0.25, 0.3) is 0 Å². The highest BCUT2D eigenvalue weighted by Crippen LogP contribution is 2.29. The number of carbonyl (C=O) groups is 5. The van der Waals surface area contributed by atoms with Gasteiger partial charge >= 0.3 is 0 Å². The molecule has 0 aromatic carbocycles. The molecule has 1 saturated heterocycles. The predicted molar refractivity (Wildman–Crippen MR) is 176 cm³/mol. The Morgan fingerprint density at radius 3 is 2.15 bits per heavy atom. The Balaban J connectivity index is 3.18. The monoisotopic (exact) mass is 672 g/mol. The fourth-order valence-corrected chi connectivity index (χ4v) is 6.09. The molecule has 7 N–H and O–H groups in total. The van der Waals surface area contributed by atoms with Gasteiger partial charge in [-0.05, 0) is 31.6 Å². The molecule has 15 heteroatoms. The molecule has 9 atom stereocenters. The van der Waals surface area contributed by atoms with Crippen LogP contribution in [0.5, 0.6) is 0 Å². The minimum absolute atomic E-state index is 0.0215. The van der Waals surface area contributed by atoms with E-state index in [9.17, 15) is 29.1 Å². The Bertz CT molecular complexity index is 1030. The van der Waals surface area contributed by atoms with E-state index in [2.05, 4.69) is 16.0 Å². The molecule has 0 aromatic rings. The van der Waals surface area contributed by atoms with Crippen LogP contribution < -0.4 is 21.7 Å². The number of rotatable bonds is 20. The number of nitrogens with two attached hydrogens (primary N) is 1. The van der Waals surface area contributed by atoms with E-state index < -0.39 is 60.7 Å². The van der Waals surface area contributed by atoms with E-state index in [0.717, 1.165) is 6.42 Å². The quantitative estimate of drug-likeness (QED) is 0.0927. The molecule has 0 unspecified atom stereocenters. The van der Waals surface area contributed by atoms with Crippen LogP contribution in [0.1, 0.15) is 67.2 Å². The lowest BCUT2D eigenvalue weighted by Crippen LogP contribution is -2.60. The molecule has 0 bridgehead atoms. The van der Waals surface area contributed by atoms with Crippen LogP contribution in [-0.2, 0) is 33.4 Å².